The number of nitrogens with one attached hydrogen (secondary N) is 1. The quantitative estimate of drug-likeness (QED) is 0.911. The Bertz CT molecular complexity index is 560. The lowest BCUT2D eigenvalue weighted by Gasteiger charge is -2.26. The maximum Gasteiger partial charge on any atom is 0.00675 e. The van der Waals surface area contributed by atoms with E-state index in [4.69, 9.17) is 0 Å². The van der Waals surface area contributed by atoms with Gasteiger partial charge in [0.2, 0.25) is 0 Å². The smallest absolute Gasteiger partial charge is 0.00675 e. The lowest BCUT2D eigenvalue weighted by Crippen LogP contribution is -2.28. The maximum atomic E-state index is 3.58. The average molecular weight is 310 g/mol. The highest BCUT2D eigenvalue weighted by Crippen LogP contribution is 2.38. The summed E-state index contributed by atoms with van der Waals surface area (Å²) in [6, 6.07) is 10.3. The molecule has 1 unspecified atom stereocenters. The molecular weight excluding hydrogens is 280 g/mol. The van der Waals surface area contributed by atoms with Crippen molar-refractivity contribution in [3.8, 4) is 0 Å². The molecule has 2 heteroatoms. The molecule has 2 fully saturated rings. The summed E-state index contributed by atoms with van der Waals surface area (Å²) in [6.45, 7) is 7.27. The van der Waals surface area contributed by atoms with Crippen molar-refractivity contribution in [2.24, 2.45) is 11.8 Å². The molecular formula is C21H30N2. The molecule has 0 aromatic heterocycles. The summed E-state index contributed by atoms with van der Waals surface area (Å²) >= 11 is 0. The minimum atomic E-state index is 0.750. The number of hydrogen-bond acceptors (Lipinski definition) is 2. The average Bonchev–Trinajstić information content (AvgIpc) is 3.22. The summed E-state index contributed by atoms with van der Waals surface area (Å²) in [5.41, 5.74) is 4.55. The molecule has 1 N–H and O–H groups in total. The summed E-state index contributed by atoms with van der Waals surface area (Å²) < 4.78 is 0. The first kappa shape index (κ1) is 15.4. The molecule has 1 aromatic carbocycles. The number of fused-ring (bicyclic) bond motifs is 1. The van der Waals surface area contributed by atoms with Gasteiger partial charge in [0, 0.05) is 25.0 Å². The molecule has 23 heavy (non-hydrogen) atoms. The summed E-state index contributed by atoms with van der Waals surface area (Å²) in [7, 11) is 0. The number of nitrogens with zero attached hydrogens (tertiary/aromatic N) is 1. The van der Waals surface area contributed by atoms with Crippen molar-refractivity contribution in [2.75, 3.05) is 26.2 Å². The molecule has 3 atom stereocenters. The molecule has 124 valence electrons. The topological polar surface area (TPSA) is 15.3 Å². The highest BCUT2D eigenvalue weighted by Gasteiger charge is 2.32. The maximum absolute atomic E-state index is 3.58. The first-order valence-corrected chi connectivity index (χ1v) is 9.55. The molecule has 0 bridgehead atoms. The second-order valence-corrected chi connectivity index (χ2v) is 7.74. The summed E-state index contributed by atoms with van der Waals surface area (Å²) in [5, 5.41) is 3.58. The van der Waals surface area contributed by atoms with Crippen LogP contribution in [0.3, 0.4) is 0 Å². The first-order valence-electron chi connectivity index (χ1n) is 9.55. The van der Waals surface area contributed by atoms with Crippen molar-refractivity contribution in [1.82, 2.24) is 10.2 Å². The van der Waals surface area contributed by atoms with Crippen LogP contribution in [0.5, 0.6) is 0 Å². The highest BCUT2D eigenvalue weighted by atomic mass is 15.2. The van der Waals surface area contributed by atoms with Gasteiger partial charge < -0.3 is 10.2 Å². The van der Waals surface area contributed by atoms with Crippen LogP contribution in [-0.2, 0) is 6.42 Å². The van der Waals surface area contributed by atoms with Gasteiger partial charge in [0.1, 0.15) is 0 Å². The Kier molecular flexibility index (Phi) is 4.54. The fourth-order valence-electron chi connectivity index (χ4n) is 4.80. The van der Waals surface area contributed by atoms with E-state index >= 15 is 0 Å². The molecule has 4 rings (SSSR count). The van der Waals surface area contributed by atoms with E-state index in [0.29, 0.717) is 0 Å². The zero-order valence-electron chi connectivity index (χ0n) is 14.4. The zero-order chi connectivity index (χ0) is 15.6. The summed E-state index contributed by atoms with van der Waals surface area (Å²) in [5.74, 6) is 1.62. The van der Waals surface area contributed by atoms with Crippen molar-refractivity contribution in [3.63, 3.8) is 0 Å². The van der Waals surface area contributed by atoms with E-state index in [1.807, 2.05) is 0 Å². The largest absolute Gasteiger partial charge is 0.316 e. The molecule has 0 amide bonds. The van der Waals surface area contributed by atoms with Crippen molar-refractivity contribution in [1.29, 1.82) is 0 Å². The molecule has 0 radical (unpaired) electrons. The Morgan fingerprint density at radius 3 is 2.78 bits per heavy atom. The Balaban J connectivity index is 1.40. The van der Waals surface area contributed by atoms with Crippen LogP contribution in [0.2, 0.25) is 0 Å². The summed E-state index contributed by atoms with van der Waals surface area (Å²) in [4.78, 5) is 2.65. The van der Waals surface area contributed by atoms with Gasteiger partial charge in [-0.3, -0.25) is 0 Å². The van der Waals surface area contributed by atoms with Crippen molar-refractivity contribution < 1.29 is 0 Å². The second kappa shape index (κ2) is 6.78. The third-order valence-electron chi connectivity index (χ3n) is 6.31. The fourth-order valence-corrected chi connectivity index (χ4v) is 4.80. The van der Waals surface area contributed by atoms with Crippen LogP contribution in [0, 0.1) is 11.8 Å². The first-order chi connectivity index (χ1) is 11.3. The van der Waals surface area contributed by atoms with Gasteiger partial charge in [-0.05, 0) is 74.7 Å². The molecule has 2 heterocycles. The Labute approximate surface area is 141 Å². The Morgan fingerprint density at radius 1 is 1.13 bits per heavy atom. The number of hydrogen-bond donors (Lipinski definition) is 1. The van der Waals surface area contributed by atoms with Gasteiger partial charge in [0.05, 0.1) is 0 Å². The van der Waals surface area contributed by atoms with Gasteiger partial charge in [0.15, 0.2) is 0 Å². The highest BCUT2D eigenvalue weighted by molar-refractivity contribution is 5.69. The normalized spacial score (nSPS) is 31.2. The minimum Gasteiger partial charge on any atom is -0.316 e. The number of benzene rings is 1. The minimum absolute atomic E-state index is 0.750. The molecule has 2 aliphatic heterocycles. The van der Waals surface area contributed by atoms with Gasteiger partial charge in [-0.25, -0.2) is 0 Å². The van der Waals surface area contributed by atoms with Crippen molar-refractivity contribution in [2.45, 2.75) is 45.1 Å². The van der Waals surface area contributed by atoms with Gasteiger partial charge in [-0.1, -0.05) is 30.3 Å². The number of rotatable bonds is 4. The van der Waals surface area contributed by atoms with Crippen LogP contribution < -0.4 is 5.32 Å². The third-order valence-corrected chi connectivity index (χ3v) is 6.31. The fraction of sp³-hybridized carbons (Fsp3) is 0.619. The van der Waals surface area contributed by atoms with E-state index in [0.717, 1.165) is 17.9 Å². The van der Waals surface area contributed by atoms with Gasteiger partial charge in [-0.15, -0.1) is 0 Å². The second-order valence-electron chi connectivity index (χ2n) is 7.74. The van der Waals surface area contributed by atoms with Crippen LogP contribution in [-0.4, -0.2) is 37.1 Å². The van der Waals surface area contributed by atoms with Crippen molar-refractivity contribution >= 4 is 5.57 Å². The number of likely N-dealkylation sites (tertiary alicyclic amines) is 1. The molecule has 0 spiro atoms. The van der Waals surface area contributed by atoms with Crippen molar-refractivity contribution in [3.05, 3.63) is 41.5 Å². The molecule has 1 aliphatic carbocycles. The molecule has 2 saturated heterocycles. The van der Waals surface area contributed by atoms with Crippen LogP contribution in [0.4, 0.5) is 0 Å². The third kappa shape index (κ3) is 3.25. The zero-order valence-corrected chi connectivity index (χ0v) is 14.4. The van der Waals surface area contributed by atoms with Crippen LogP contribution in [0.15, 0.2) is 30.3 Å². The predicted molar refractivity (Wildman–Crippen MR) is 97.5 cm³/mol. The van der Waals surface area contributed by atoms with E-state index in [-0.39, 0.29) is 0 Å². The monoisotopic (exact) mass is 310 g/mol. The van der Waals surface area contributed by atoms with E-state index < -0.39 is 0 Å². The predicted octanol–water partition coefficient (Wildman–Crippen LogP) is 3.73. The lowest BCUT2D eigenvalue weighted by atomic mass is 9.78. The van der Waals surface area contributed by atoms with Crippen LogP contribution in [0.1, 0.15) is 43.7 Å². The van der Waals surface area contributed by atoms with E-state index in [1.54, 1.807) is 5.57 Å². The Morgan fingerprint density at radius 2 is 2.00 bits per heavy atom. The van der Waals surface area contributed by atoms with E-state index in [9.17, 15) is 0 Å². The molecule has 3 aliphatic rings. The van der Waals surface area contributed by atoms with E-state index in [2.05, 4.69) is 47.5 Å². The standard InChI is InChI=1S/C21H30N2/c1-16-4-3-12-23(16)13-11-17-7-9-18(10-8-17)20-6-2-5-19-14-22-15-21(19)20/h6-10,16,19,21-22H,2-5,11-15H2,1H3/t16?,19-,21+/m0/s1. The van der Waals surface area contributed by atoms with Crippen LogP contribution >= 0.6 is 0 Å². The van der Waals surface area contributed by atoms with Gasteiger partial charge >= 0.3 is 0 Å². The lowest BCUT2D eigenvalue weighted by molar-refractivity contribution is 0.272. The molecule has 0 saturated carbocycles. The van der Waals surface area contributed by atoms with Gasteiger partial charge in [0.25, 0.3) is 0 Å². The SMILES string of the molecule is CC1CCCN1CCc1ccc(C2=CCC[C@H]3CNC[C@@H]23)cc1. The number of allylic oxidation sites excluding steroid dienone is 1. The molecule has 2 nitrogen and oxygen atoms in total. The molecule has 1 aromatic rings. The summed E-state index contributed by atoms with van der Waals surface area (Å²) in [6.07, 6.45) is 9.07. The van der Waals surface area contributed by atoms with Gasteiger partial charge in [-0.2, -0.15) is 0 Å². The van der Waals surface area contributed by atoms with Crippen LogP contribution in [0.25, 0.3) is 5.57 Å². The van der Waals surface area contributed by atoms with E-state index in [1.165, 1.54) is 69.4 Å². The Hall–Kier alpha value is -1.12.